The van der Waals surface area contributed by atoms with E-state index in [2.05, 4.69) is 40.9 Å². The number of rotatable bonds is 3. The van der Waals surface area contributed by atoms with Crippen LogP contribution in [0.3, 0.4) is 0 Å². The fraction of sp³-hybridized carbons (Fsp3) is 0.400. The molecule has 0 aliphatic carbocycles. The topological polar surface area (TPSA) is 57.2 Å². The number of piperazine rings is 1. The first-order chi connectivity index (χ1) is 12.4. The van der Waals surface area contributed by atoms with E-state index in [0.717, 1.165) is 48.7 Å². The summed E-state index contributed by atoms with van der Waals surface area (Å²) >= 11 is 0. The van der Waals surface area contributed by atoms with Crippen LogP contribution in [0.5, 0.6) is 0 Å². The monoisotopic (exact) mass is 351 g/mol. The van der Waals surface area contributed by atoms with Crippen molar-refractivity contribution in [3.8, 4) is 11.5 Å². The normalized spacial score (nSPS) is 15.8. The highest BCUT2D eigenvalue weighted by Crippen LogP contribution is 2.28. The third-order valence-electron chi connectivity index (χ3n) is 5.28. The number of imidazole rings is 1. The molecule has 6 nitrogen and oxygen atoms in total. The van der Waals surface area contributed by atoms with Crippen LogP contribution in [-0.2, 0) is 7.05 Å². The zero-order chi connectivity index (χ0) is 18.4. The number of benzene rings is 1. The van der Waals surface area contributed by atoms with Crippen LogP contribution < -0.4 is 4.90 Å². The molecule has 136 valence electrons. The molecule has 0 spiro atoms. The average molecular weight is 351 g/mol. The third kappa shape index (κ3) is 2.90. The van der Waals surface area contributed by atoms with Gasteiger partial charge in [0, 0.05) is 50.7 Å². The summed E-state index contributed by atoms with van der Waals surface area (Å²) in [5.41, 5.74) is 6.07. The van der Waals surface area contributed by atoms with E-state index in [-0.39, 0.29) is 5.78 Å². The van der Waals surface area contributed by atoms with Gasteiger partial charge in [-0.1, -0.05) is 0 Å². The van der Waals surface area contributed by atoms with E-state index in [9.17, 15) is 4.79 Å². The number of aromatic amines is 1. The number of nitrogens with one attached hydrogen (secondary N) is 1. The molecule has 1 aliphatic rings. The zero-order valence-corrected chi connectivity index (χ0v) is 15.8. The lowest BCUT2D eigenvalue weighted by molar-refractivity contribution is 0.101. The SMILES string of the molecule is CC(=O)c1cc(-c2nc3c(C)cc(N4CCN(C)CC4)cc3[nH]2)n(C)c1. The number of aryl methyl sites for hydroxylation is 2. The van der Waals surface area contributed by atoms with Gasteiger partial charge in [0.05, 0.1) is 16.7 Å². The van der Waals surface area contributed by atoms with Gasteiger partial charge < -0.3 is 19.4 Å². The second-order valence-corrected chi connectivity index (χ2v) is 7.32. The van der Waals surface area contributed by atoms with E-state index in [4.69, 9.17) is 4.98 Å². The molecule has 0 unspecified atom stereocenters. The van der Waals surface area contributed by atoms with Gasteiger partial charge in [-0.15, -0.1) is 0 Å². The number of hydrogen-bond acceptors (Lipinski definition) is 4. The summed E-state index contributed by atoms with van der Waals surface area (Å²) in [5, 5.41) is 0. The van der Waals surface area contributed by atoms with Crippen LogP contribution in [0, 0.1) is 6.92 Å². The van der Waals surface area contributed by atoms with Crippen molar-refractivity contribution in [1.82, 2.24) is 19.4 Å². The van der Waals surface area contributed by atoms with Crippen molar-refractivity contribution in [2.75, 3.05) is 38.1 Å². The predicted molar refractivity (Wildman–Crippen MR) is 105 cm³/mol. The number of anilines is 1. The molecule has 6 heteroatoms. The van der Waals surface area contributed by atoms with E-state index in [0.29, 0.717) is 5.56 Å². The Labute approximate surface area is 153 Å². The minimum absolute atomic E-state index is 0.0662. The molecule has 0 amide bonds. The quantitative estimate of drug-likeness (QED) is 0.737. The first kappa shape index (κ1) is 16.8. The van der Waals surface area contributed by atoms with E-state index < -0.39 is 0 Å². The summed E-state index contributed by atoms with van der Waals surface area (Å²) in [7, 11) is 4.11. The molecule has 1 saturated heterocycles. The number of aromatic nitrogens is 3. The van der Waals surface area contributed by atoms with Crippen molar-refractivity contribution in [2.24, 2.45) is 7.05 Å². The number of Topliss-reactive ketones (excluding diaryl/α,β-unsaturated/α-hetero) is 1. The molecule has 2 aromatic heterocycles. The Kier molecular flexibility index (Phi) is 4.07. The molecular weight excluding hydrogens is 326 g/mol. The van der Waals surface area contributed by atoms with Gasteiger partial charge in [0.15, 0.2) is 11.6 Å². The Hall–Kier alpha value is -2.60. The molecule has 0 atom stereocenters. The van der Waals surface area contributed by atoms with Crippen LogP contribution >= 0.6 is 0 Å². The molecule has 0 radical (unpaired) electrons. The first-order valence-electron chi connectivity index (χ1n) is 9.04. The number of ketones is 1. The van der Waals surface area contributed by atoms with E-state index >= 15 is 0 Å². The molecule has 3 aromatic rings. The van der Waals surface area contributed by atoms with Crippen LogP contribution in [0.2, 0.25) is 0 Å². The van der Waals surface area contributed by atoms with Gasteiger partial charge in [-0.25, -0.2) is 4.98 Å². The van der Waals surface area contributed by atoms with Gasteiger partial charge in [0.2, 0.25) is 0 Å². The van der Waals surface area contributed by atoms with Gasteiger partial charge in [0.25, 0.3) is 0 Å². The van der Waals surface area contributed by atoms with Crippen molar-refractivity contribution in [2.45, 2.75) is 13.8 Å². The number of likely N-dealkylation sites (N-methyl/N-ethyl adjacent to an activating group) is 1. The number of hydrogen-bond donors (Lipinski definition) is 1. The van der Waals surface area contributed by atoms with Crippen molar-refractivity contribution < 1.29 is 4.79 Å². The highest BCUT2D eigenvalue weighted by molar-refractivity contribution is 5.95. The van der Waals surface area contributed by atoms with Crippen LogP contribution in [0.1, 0.15) is 22.8 Å². The summed E-state index contributed by atoms with van der Waals surface area (Å²) in [5.74, 6) is 0.866. The number of fused-ring (bicyclic) bond motifs is 1. The van der Waals surface area contributed by atoms with Gasteiger partial charge >= 0.3 is 0 Å². The van der Waals surface area contributed by atoms with Gasteiger partial charge in [-0.2, -0.15) is 0 Å². The average Bonchev–Trinajstić information content (AvgIpc) is 3.19. The molecule has 4 rings (SSSR count). The van der Waals surface area contributed by atoms with E-state index in [1.807, 2.05) is 23.9 Å². The maximum atomic E-state index is 11.7. The first-order valence-corrected chi connectivity index (χ1v) is 9.04. The lowest BCUT2D eigenvalue weighted by Crippen LogP contribution is -2.44. The highest BCUT2D eigenvalue weighted by atomic mass is 16.1. The molecule has 1 N–H and O–H groups in total. The molecular formula is C20H25N5O. The van der Waals surface area contributed by atoms with Gasteiger partial charge in [-0.05, 0) is 44.7 Å². The van der Waals surface area contributed by atoms with Crippen LogP contribution in [0.15, 0.2) is 24.4 Å². The Balaban J connectivity index is 1.73. The molecule has 26 heavy (non-hydrogen) atoms. The standard InChI is InChI=1S/C20H25N5O/c1-13-9-16(25-7-5-23(3)6-8-25)11-17-19(13)22-20(21-17)18-10-15(14(2)26)12-24(18)4/h9-12H,5-8H2,1-4H3,(H,21,22). The summed E-state index contributed by atoms with van der Waals surface area (Å²) in [6.07, 6.45) is 1.85. The summed E-state index contributed by atoms with van der Waals surface area (Å²) in [4.78, 5) is 24.7. The maximum absolute atomic E-state index is 11.7. The molecule has 1 aliphatic heterocycles. The lowest BCUT2D eigenvalue weighted by atomic mass is 10.1. The Bertz CT molecular complexity index is 976. The van der Waals surface area contributed by atoms with Crippen molar-refractivity contribution in [3.63, 3.8) is 0 Å². The van der Waals surface area contributed by atoms with Crippen LogP contribution in [0.4, 0.5) is 5.69 Å². The minimum Gasteiger partial charge on any atom is -0.369 e. The second-order valence-electron chi connectivity index (χ2n) is 7.32. The Morgan fingerprint density at radius 1 is 1.12 bits per heavy atom. The van der Waals surface area contributed by atoms with Crippen molar-refractivity contribution >= 4 is 22.5 Å². The number of H-pyrrole nitrogens is 1. The van der Waals surface area contributed by atoms with E-state index in [1.54, 1.807) is 6.92 Å². The molecule has 3 heterocycles. The van der Waals surface area contributed by atoms with Crippen molar-refractivity contribution in [1.29, 1.82) is 0 Å². The number of carbonyl (C=O) groups excluding carboxylic acids is 1. The van der Waals surface area contributed by atoms with Gasteiger partial charge in [0.1, 0.15) is 0 Å². The number of nitrogens with zero attached hydrogens (tertiary/aromatic N) is 4. The summed E-state index contributed by atoms with van der Waals surface area (Å²) in [6, 6.07) is 6.32. The van der Waals surface area contributed by atoms with Crippen LogP contribution in [0.25, 0.3) is 22.6 Å². The largest absolute Gasteiger partial charge is 0.369 e. The smallest absolute Gasteiger partial charge is 0.161 e. The molecule has 1 fully saturated rings. The third-order valence-corrected chi connectivity index (χ3v) is 5.28. The zero-order valence-electron chi connectivity index (χ0n) is 15.8. The maximum Gasteiger partial charge on any atom is 0.161 e. The Morgan fingerprint density at radius 3 is 2.50 bits per heavy atom. The van der Waals surface area contributed by atoms with Crippen molar-refractivity contribution in [3.05, 3.63) is 35.5 Å². The minimum atomic E-state index is 0.0662. The Morgan fingerprint density at radius 2 is 1.85 bits per heavy atom. The number of carbonyl (C=O) groups is 1. The van der Waals surface area contributed by atoms with Crippen LogP contribution in [-0.4, -0.2) is 58.4 Å². The fourth-order valence-corrected chi connectivity index (χ4v) is 3.63. The molecule has 0 bridgehead atoms. The predicted octanol–water partition coefficient (Wildman–Crippen LogP) is 2.83. The fourth-order valence-electron chi connectivity index (χ4n) is 3.63. The summed E-state index contributed by atoms with van der Waals surface area (Å²) < 4.78 is 1.95. The van der Waals surface area contributed by atoms with E-state index in [1.165, 1.54) is 11.3 Å². The second kappa shape index (κ2) is 6.29. The molecule has 1 aromatic carbocycles. The summed E-state index contributed by atoms with van der Waals surface area (Å²) in [6.45, 7) is 7.96. The lowest BCUT2D eigenvalue weighted by Gasteiger charge is -2.34. The van der Waals surface area contributed by atoms with Gasteiger partial charge in [-0.3, -0.25) is 4.79 Å². The molecule has 0 saturated carbocycles. The highest BCUT2D eigenvalue weighted by Gasteiger charge is 2.18.